The molecule has 0 aliphatic heterocycles. The number of ketones is 2. The Bertz CT molecular complexity index is 863. The second kappa shape index (κ2) is 7.32. The van der Waals surface area contributed by atoms with E-state index < -0.39 is 26.5 Å². The minimum absolute atomic E-state index is 0.0100. The third-order valence-electron chi connectivity index (χ3n) is 5.08. The van der Waals surface area contributed by atoms with E-state index >= 15 is 0 Å². The van der Waals surface area contributed by atoms with Gasteiger partial charge in [0.15, 0.2) is 4.91 Å². The summed E-state index contributed by atoms with van der Waals surface area (Å²) in [5, 5.41) is 0. The van der Waals surface area contributed by atoms with Crippen molar-refractivity contribution in [1.29, 1.82) is 0 Å². The molecule has 7 heteroatoms. The first-order valence-corrected chi connectivity index (χ1v) is 10.6. The van der Waals surface area contributed by atoms with Crippen molar-refractivity contribution in [3.8, 4) is 0 Å². The van der Waals surface area contributed by atoms with Crippen LogP contribution in [-0.2, 0) is 10.0 Å². The monoisotopic (exact) mass is 376 g/mol. The van der Waals surface area contributed by atoms with Gasteiger partial charge in [-0.15, -0.1) is 0 Å². The van der Waals surface area contributed by atoms with Gasteiger partial charge in [-0.3, -0.25) is 9.59 Å². The van der Waals surface area contributed by atoms with Gasteiger partial charge in [0.1, 0.15) is 5.70 Å². The number of carbonyl (C=O) groups is 2. The maximum Gasteiger partial charge on any atom is 0.246 e. The number of carbonyl (C=O) groups excluding carboxylic acids is 2. The molecule has 0 amide bonds. The highest BCUT2D eigenvalue weighted by molar-refractivity contribution is 7.94. The number of hydrogen-bond donors (Lipinski definition) is 1. The van der Waals surface area contributed by atoms with Crippen molar-refractivity contribution in [2.45, 2.75) is 45.6 Å². The van der Waals surface area contributed by atoms with Crippen LogP contribution >= 0.6 is 0 Å². The normalized spacial score (nSPS) is 18.4. The Morgan fingerprint density at radius 1 is 1.00 bits per heavy atom. The third kappa shape index (κ3) is 3.21. The van der Waals surface area contributed by atoms with E-state index in [1.165, 1.54) is 6.07 Å². The molecule has 1 aromatic carbocycles. The minimum atomic E-state index is -4.09. The van der Waals surface area contributed by atoms with Crippen LogP contribution in [0.5, 0.6) is 0 Å². The highest BCUT2D eigenvalue weighted by atomic mass is 32.2. The van der Waals surface area contributed by atoms with Crippen LogP contribution in [0.1, 0.15) is 60.2 Å². The number of benzene rings is 1. The van der Waals surface area contributed by atoms with Gasteiger partial charge in [-0.1, -0.05) is 37.1 Å². The summed E-state index contributed by atoms with van der Waals surface area (Å²) in [6, 6.07) is 6.23. The highest BCUT2D eigenvalue weighted by Crippen LogP contribution is 2.32. The largest absolute Gasteiger partial charge is 0.368 e. The number of rotatable bonds is 6. The third-order valence-corrected chi connectivity index (χ3v) is 6.64. The Morgan fingerprint density at radius 3 is 2.08 bits per heavy atom. The van der Waals surface area contributed by atoms with Gasteiger partial charge in [-0.2, -0.15) is 0 Å². The van der Waals surface area contributed by atoms with Crippen LogP contribution in [0.4, 0.5) is 0 Å². The zero-order valence-corrected chi connectivity index (χ0v) is 15.9. The number of nitrogens with zero attached hydrogens (tertiary/aromatic N) is 1. The molecular weight excluding hydrogens is 352 g/mol. The van der Waals surface area contributed by atoms with Crippen molar-refractivity contribution < 1.29 is 18.0 Å². The Balaban J connectivity index is 2.16. The van der Waals surface area contributed by atoms with Crippen molar-refractivity contribution in [1.82, 2.24) is 9.62 Å². The first-order chi connectivity index (χ1) is 12.4. The van der Waals surface area contributed by atoms with Gasteiger partial charge in [0.2, 0.25) is 21.6 Å². The number of nitrogens with one attached hydrogen (secondary N) is 1. The van der Waals surface area contributed by atoms with Gasteiger partial charge in [0, 0.05) is 30.3 Å². The first-order valence-electron chi connectivity index (χ1n) is 9.10. The standard InChI is InChI=1S/C19H24N2O4S/c1-3-21(4-2)16-17(22)14-11-7-8-12-15(14)18(23)19(16)26(24,25)20-13-9-5-6-10-13/h7-8,11-13,20H,3-6,9-10H2,1-2H3. The molecule has 0 saturated heterocycles. The fourth-order valence-corrected chi connectivity index (χ4v) is 5.36. The number of fused-ring (bicyclic) bond motifs is 1. The van der Waals surface area contributed by atoms with Gasteiger partial charge in [0.25, 0.3) is 0 Å². The fraction of sp³-hybridized carbons (Fsp3) is 0.474. The molecule has 0 heterocycles. The molecule has 0 spiro atoms. The van der Waals surface area contributed by atoms with Gasteiger partial charge in [-0.25, -0.2) is 13.1 Å². The van der Waals surface area contributed by atoms with E-state index in [0.29, 0.717) is 13.1 Å². The Morgan fingerprint density at radius 2 is 1.54 bits per heavy atom. The Labute approximate surface area is 154 Å². The molecule has 26 heavy (non-hydrogen) atoms. The topological polar surface area (TPSA) is 83.6 Å². The fourth-order valence-electron chi connectivity index (χ4n) is 3.74. The van der Waals surface area contributed by atoms with Gasteiger partial charge in [0.05, 0.1) is 0 Å². The average Bonchev–Trinajstić information content (AvgIpc) is 3.12. The minimum Gasteiger partial charge on any atom is -0.368 e. The molecule has 140 valence electrons. The summed E-state index contributed by atoms with van der Waals surface area (Å²) < 4.78 is 28.8. The SMILES string of the molecule is CCN(CC)C1=C(S(=O)(=O)NC2CCCC2)C(=O)c2ccccc2C1=O. The van der Waals surface area contributed by atoms with Crippen LogP contribution < -0.4 is 4.72 Å². The summed E-state index contributed by atoms with van der Waals surface area (Å²) in [6.07, 6.45) is 3.44. The lowest BCUT2D eigenvalue weighted by atomic mass is 9.92. The van der Waals surface area contributed by atoms with E-state index in [2.05, 4.69) is 4.72 Å². The molecule has 1 fully saturated rings. The van der Waals surface area contributed by atoms with Crippen molar-refractivity contribution in [2.24, 2.45) is 0 Å². The second-order valence-electron chi connectivity index (χ2n) is 6.66. The molecule has 6 nitrogen and oxygen atoms in total. The van der Waals surface area contributed by atoms with Gasteiger partial charge in [-0.05, 0) is 26.7 Å². The lowest BCUT2D eigenvalue weighted by Gasteiger charge is -2.29. The molecule has 3 rings (SSSR count). The summed E-state index contributed by atoms with van der Waals surface area (Å²) in [5.74, 6) is -1.01. The maximum absolute atomic E-state index is 13.1. The molecule has 1 saturated carbocycles. The van der Waals surface area contributed by atoms with Crippen LogP contribution in [0, 0.1) is 0 Å². The summed E-state index contributed by atoms with van der Waals surface area (Å²) in [4.78, 5) is 27.4. The van der Waals surface area contributed by atoms with Crippen molar-refractivity contribution in [2.75, 3.05) is 13.1 Å². The van der Waals surface area contributed by atoms with Crippen molar-refractivity contribution >= 4 is 21.6 Å². The van der Waals surface area contributed by atoms with Crippen LogP contribution in [0.2, 0.25) is 0 Å². The maximum atomic E-state index is 13.1. The van der Waals surface area contributed by atoms with E-state index in [1.807, 2.05) is 13.8 Å². The molecule has 1 N–H and O–H groups in total. The molecule has 1 aromatic rings. The van der Waals surface area contributed by atoms with Crippen LogP contribution in [0.25, 0.3) is 0 Å². The average molecular weight is 376 g/mol. The van der Waals surface area contributed by atoms with E-state index in [9.17, 15) is 18.0 Å². The number of hydrogen-bond acceptors (Lipinski definition) is 5. The predicted molar refractivity (Wildman–Crippen MR) is 99.4 cm³/mol. The van der Waals surface area contributed by atoms with Crippen molar-refractivity contribution in [3.63, 3.8) is 0 Å². The molecule has 2 aliphatic rings. The van der Waals surface area contributed by atoms with Crippen LogP contribution in [0.15, 0.2) is 34.9 Å². The first kappa shape index (κ1) is 18.8. The van der Waals surface area contributed by atoms with Crippen molar-refractivity contribution in [3.05, 3.63) is 46.0 Å². The quantitative estimate of drug-likeness (QED) is 0.825. The lowest BCUT2D eigenvalue weighted by molar-refractivity contribution is 0.0949. The zero-order valence-electron chi connectivity index (χ0n) is 15.1. The van der Waals surface area contributed by atoms with E-state index in [-0.39, 0.29) is 22.9 Å². The Hall–Kier alpha value is -1.99. The second-order valence-corrected chi connectivity index (χ2v) is 8.31. The smallest absolute Gasteiger partial charge is 0.246 e. The summed E-state index contributed by atoms with van der Waals surface area (Å²) in [5.41, 5.74) is 0.406. The zero-order chi connectivity index (χ0) is 18.9. The number of allylic oxidation sites excluding steroid dienone is 2. The molecule has 0 unspecified atom stereocenters. The molecule has 0 bridgehead atoms. The highest BCUT2D eigenvalue weighted by Gasteiger charge is 2.41. The number of likely N-dealkylation sites (N-methyl/N-ethyl adjacent to an activating group) is 1. The number of Topliss-reactive ketones (excluding diaryl/α,β-unsaturated/α-hetero) is 2. The molecular formula is C19H24N2O4S. The van der Waals surface area contributed by atoms with Crippen LogP contribution in [0.3, 0.4) is 0 Å². The summed E-state index contributed by atoms with van der Waals surface area (Å²) >= 11 is 0. The molecule has 0 atom stereocenters. The summed E-state index contributed by atoms with van der Waals surface area (Å²) in [7, 11) is -4.09. The lowest BCUT2D eigenvalue weighted by Crippen LogP contribution is -2.42. The predicted octanol–water partition coefficient (Wildman–Crippen LogP) is 2.48. The van der Waals surface area contributed by atoms with Crippen LogP contribution in [-0.4, -0.2) is 44.0 Å². The van der Waals surface area contributed by atoms with E-state index in [0.717, 1.165) is 25.7 Å². The molecule has 2 aliphatic carbocycles. The van der Waals surface area contributed by atoms with Gasteiger partial charge >= 0.3 is 0 Å². The van der Waals surface area contributed by atoms with E-state index in [1.54, 1.807) is 23.1 Å². The summed E-state index contributed by atoms with van der Waals surface area (Å²) in [6.45, 7) is 4.55. The Kier molecular flexibility index (Phi) is 5.29. The molecule has 0 radical (unpaired) electrons. The number of sulfonamides is 1. The molecule has 0 aromatic heterocycles. The van der Waals surface area contributed by atoms with Gasteiger partial charge < -0.3 is 4.90 Å². The van der Waals surface area contributed by atoms with E-state index in [4.69, 9.17) is 0 Å².